The van der Waals surface area contributed by atoms with Gasteiger partial charge in [0.2, 0.25) is 11.6 Å². The number of carbonyl (C=O) groups excluding carboxylic acids is 1. The first-order chi connectivity index (χ1) is 16.6. The zero-order chi connectivity index (χ0) is 23.9. The highest BCUT2D eigenvalue weighted by Crippen LogP contribution is 2.38. The van der Waals surface area contributed by atoms with Crippen LogP contribution in [0.1, 0.15) is 21.5 Å². The van der Waals surface area contributed by atoms with Crippen LogP contribution in [0.4, 0.5) is 0 Å². The molecule has 0 radical (unpaired) electrons. The fourth-order valence-corrected chi connectivity index (χ4v) is 3.38. The number of methoxy groups -OCH3 is 3. The zero-order valence-electron chi connectivity index (χ0n) is 19.0. The number of rotatable bonds is 9. The Bertz CT molecular complexity index is 1290. The highest BCUT2D eigenvalue weighted by molar-refractivity contribution is 6.00. The fourth-order valence-electron chi connectivity index (χ4n) is 3.38. The summed E-state index contributed by atoms with van der Waals surface area (Å²) in [5, 5.41) is 4.96. The van der Waals surface area contributed by atoms with Gasteiger partial charge in [-0.3, -0.25) is 4.79 Å². The van der Waals surface area contributed by atoms with Gasteiger partial charge in [0.1, 0.15) is 6.61 Å². The van der Waals surface area contributed by atoms with Crippen molar-refractivity contribution in [3.05, 3.63) is 77.6 Å². The Morgan fingerprint density at radius 1 is 1.06 bits per heavy atom. The predicted octanol–water partition coefficient (Wildman–Crippen LogP) is 3.93. The maximum absolute atomic E-state index is 12.6. The molecule has 0 unspecified atom stereocenters. The summed E-state index contributed by atoms with van der Waals surface area (Å²) in [5.74, 6) is 1.23. The lowest BCUT2D eigenvalue weighted by molar-refractivity contribution is 0.0954. The van der Waals surface area contributed by atoms with Gasteiger partial charge in [-0.15, -0.1) is 0 Å². The molecule has 0 spiro atoms. The van der Waals surface area contributed by atoms with Crippen molar-refractivity contribution in [3.63, 3.8) is 0 Å². The number of nitrogens with one attached hydrogen (secondary N) is 2. The number of hydrogen-bond donors (Lipinski definition) is 2. The predicted molar refractivity (Wildman–Crippen MR) is 128 cm³/mol. The average molecular weight is 460 g/mol. The van der Waals surface area contributed by atoms with Crippen molar-refractivity contribution in [2.45, 2.75) is 6.61 Å². The monoisotopic (exact) mass is 460 g/mol. The number of H-pyrrole nitrogens is 1. The van der Waals surface area contributed by atoms with E-state index in [1.165, 1.54) is 21.3 Å². The minimum Gasteiger partial charge on any atom is -0.493 e. The Morgan fingerprint density at radius 3 is 2.47 bits per heavy atom. The van der Waals surface area contributed by atoms with Crippen molar-refractivity contribution < 1.29 is 23.7 Å². The van der Waals surface area contributed by atoms with E-state index in [9.17, 15) is 4.79 Å². The lowest BCUT2D eigenvalue weighted by Gasteiger charge is -2.13. The van der Waals surface area contributed by atoms with Crippen molar-refractivity contribution in [3.8, 4) is 23.1 Å². The number of fused-ring (bicyclic) bond motifs is 1. The van der Waals surface area contributed by atoms with Crippen LogP contribution in [0, 0.1) is 0 Å². The van der Waals surface area contributed by atoms with Crippen LogP contribution in [-0.2, 0) is 6.61 Å². The largest absolute Gasteiger partial charge is 0.493 e. The third-order valence-electron chi connectivity index (χ3n) is 5.10. The number of nitrogens with zero attached hydrogens (tertiary/aromatic N) is 2. The summed E-state index contributed by atoms with van der Waals surface area (Å²) in [7, 11) is 4.47. The highest BCUT2D eigenvalue weighted by Gasteiger charge is 2.16. The first-order valence-electron chi connectivity index (χ1n) is 10.4. The van der Waals surface area contributed by atoms with E-state index in [2.05, 4.69) is 20.5 Å². The topological polar surface area (TPSA) is 107 Å². The quantitative estimate of drug-likeness (QED) is 0.290. The number of ether oxygens (including phenoxy) is 4. The van der Waals surface area contributed by atoms with Gasteiger partial charge in [-0.1, -0.05) is 30.3 Å². The van der Waals surface area contributed by atoms with Crippen LogP contribution < -0.4 is 24.4 Å². The van der Waals surface area contributed by atoms with Crippen LogP contribution in [0.25, 0.3) is 10.9 Å². The Balaban J connectivity index is 1.47. The zero-order valence-corrected chi connectivity index (χ0v) is 19.0. The minimum absolute atomic E-state index is 0.311. The normalized spacial score (nSPS) is 10.9. The summed E-state index contributed by atoms with van der Waals surface area (Å²) < 4.78 is 21.7. The number of carbonyl (C=O) groups is 1. The maximum atomic E-state index is 12.6. The molecule has 0 saturated carbocycles. The van der Waals surface area contributed by atoms with Gasteiger partial charge < -0.3 is 23.9 Å². The summed E-state index contributed by atoms with van der Waals surface area (Å²) >= 11 is 0. The molecule has 2 aromatic heterocycles. The Kier molecular flexibility index (Phi) is 6.92. The summed E-state index contributed by atoms with van der Waals surface area (Å²) in [4.78, 5) is 20.1. The van der Waals surface area contributed by atoms with Crippen molar-refractivity contribution in [2.24, 2.45) is 5.10 Å². The van der Waals surface area contributed by atoms with Gasteiger partial charge >= 0.3 is 0 Å². The van der Waals surface area contributed by atoms with Crippen LogP contribution in [0.2, 0.25) is 0 Å². The summed E-state index contributed by atoms with van der Waals surface area (Å²) in [5.41, 5.74) is 5.48. The van der Waals surface area contributed by atoms with E-state index in [0.29, 0.717) is 35.3 Å². The second-order valence-electron chi connectivity index (χ2n) is 7.20. The molecule has 34 heavy (non-hydrogen) atoms. The van der Waals surface area contributed by atoms with Gasteiger partial charge in [-0.25, -0.2) is 10.4 Å². The van der Waals surface area contributed by atoms with Crippen LogP contribution in [-0.4, -0.2) is 43.4 Å². The van der Waals surface area contributed by atoms with Gasteiger partial charge in [-0.05, 0) is 17.7 Å². The van der Waals surface area contributed by atoms with Gasteiger partial charge in [-0.2, -0.15) is 5.10 Å². The number of hydrazone groups is 1. The molecule has 0 bridgehead atoms. The molecule has 0 fully saturated rings. The van der Waals surface area contributed by atoms with Crippen LogP contribution in [0.3, 0.4) is 0 Å². The molecule has 4 aromatic rings. The van der Waals surface area contributed by atoms with E-state index >= 15 is 0 Å². The highest BCUT2D eigenvalue weighted by atomic mass is 16.5. The lowest BCUT2D eigenvalue weighted by atomic mass is 10.1. The number of hydrogen-bond acceptors (Lipinski definition) is 7. The van der Waals surface area contributed by atoms with Gasteiger partial charge in [0.25, 0.3) is 5.91 Å². The van der Waals surface area contributed by atoms with Crippen molar-refractivity contribution >= 4 is 23.0 Å². The molecule has 4 rings (SSSR count). The maximum Gasteiger partial charge on any atom is 0.271 e. The SMILES string of the molecule is COc1cc(C(=O)N/N=C/c2c[nH]c3cnc(OCc4ccccc4)cc23)cc(OC)c1OC. The molecule has 1 amide bonds. The number of aromatic nitrogens is 2. The molecule has 2 N–H and O–H groups in total. The third-order valence-corrected chi connectivity index (χ3v) is 5.10. The van der Waals surface area contributed by atoms with E-state index < -0.39 is 5.91 Å². The Hall–Kier alpha value is -4.53. The molecule has 0 aliphatic rings. The minimum atomic E-state index is -0.427. The van der Waals surface area contributed by atoms with Crippen molar-refractivity contribution in [1.29, 1.82) is 0 Å². The standard InChI is InChI=1S/C25H24N4O5/c1-31-21-9-17(10-22(32-2)24(21)33-3)25(30)29-28-13-18-12-26-20-14-27-23(11-19(18)20)34-15-16-7-5-4-6-8-16/h4-14,26H,15H2,1-3H3,(H,29,30)/b28-13+. The number of pyridine rings is 1. The lowest BCUT2D eigenvalue weighted by Crippen LogP contribution is -2.18. The molecule has 0 saturated heterocycles. The third kappa shape index (κ3) is 4.93. The number of amides is 1. The second kappa shape index (κ2) is 10.4. The molecule has 2 heterocycles. The van der Waals surface area contributed by atoms with E-state index in [1.54, 1.807) is 30.7 Å². The molecule has 0 atom stereocenters. The smallest absolute Gasteiger partial charge is 0.271 e. The summed E-state index contributed by atoms with van der Waals surface area (Å²) in [6.07, 6.45) is 5.03. The van der Waals surface area contributed by atoms with Crippen molar-refractivity contribution in [1.82, 2.24) is 15.4 Å². The molecule has 0 aliphatic heterocycles. The van der Waals surface area contributed by atoms with E-state index in [0.717, 1.165) is 22.0 Å². The van der Waals surface area contributed by atoms with Crippen molar-refractivity contribution in [2.75, 3.05) is 21.3 Å². The summed E-state index contributed by atoms with van der Waals surface area (Å²) in [6, 6.07) is 14.8. The van der Waals surface area contributed by atoms with E-state index in [4.69, 9.17) is 18.9 Å². The van der Waals surface area contributed by atoms with E-state index in [-0.39, 0.29) is 0 Å². The first kappa shape index (κ1) is 22.7. The fraction of sp³-hybridized carbons (Fsp3) is 0.160. The van der Waals surface area contributed by atoms with Crippen LogP contribution in [0.5, 0.6) is 23.1 Å². The Labute approximate surface area is 196 Å². The van der Waals surface area contributed by atoms with Gasteiger partial charge in [0.05, 0.1) is 39.3 Å². The van der Waals surface area contributed by atoms with Crippen LogP contribution in [0.15, 0.2) is 66.0 Å². The Morgan fingerprint density at radius 2 is 1.79 bits per heavy atom. The average Bonchev–Trinajstić information content (AvgIpc) is 3.29. The first-order valence-corrected chi connectivity index (χ1v) is 10.4. The van der Waals surface area contributed by atoms with Gasteiger partial charge in [0.15, 0.2) is 11.5 Å². The number of aromatic amines is 1. The van der Waals surface area contributed by atoms with Gasteiger partial charge in [0, 0.05) is 28.8 Å². The molecule has 2 aromatic carbocycles. The summed E-state index contributed by atoms with van der Waals surface area (Å²) in [6.45, 7) is 0.415. The molecular weight excluding hydrogens is 436 g/mol. The molecule has 9 heteroatoms. The number of benzene rings is 2. The molecule has 0 aliphatic carbocycles. The molecular formula is C25H24N4O5. The second-order valence-corrected chi connectivity index (χ2v) is 7.20. The molecule has 174 valence electrons. The van der Waals surface area contributed by atoms with Crippen LogP contribution >= 0.6 is 0 Å². The molecule has 9 nitrogen and oxygen atoms in total. The van der Waals surface area contributed by atoms with E-state index in [1.807, 2.05) is 36.4 Å².